The summed E-state index contributed by atoms with van der Waals surface area (Å²) < 4.78 is 10.8. The number of aryl methyl sites for hydroxylation is 4. The fraction of sp³-hybridized carbons (Fsp3) is 0.304. The van der Waals surface area contributed by atoms with Gasteiger partial charge < -0.3 is 9.15 Å². The van der Waals surface area contributed by atoms with Crippen molar-refractivity contribution in [2.75, 3.05) is 0 Å². The molecule has 1 aromatic heterocycles. The van der Waals surface area contributed by atoms with Gasteiger partial charge in [-0.2, -0.15) is 0 Å². The molecule has 138 valence electrons. The van der Waals surface area contributed by atoms with Gasteiger partial charge in [0.05, 0.1) is 6.42 Å². The number of fused-ring (bicyclic) bond motifs is 2. The first-order chi connectivity index (χ1) is 13.0. The van der Waals surface area contributed by atoms with Gasteiger partial charge in [-0.25, -0.2) is 4.79 Å². The van der Waals surface area contributed by atoms with Gasteiger partial charge in [-0.1, -0.05) is 18.2 Å². The van der Waals surface area contributed by atoms with E-state index >= 15 is 0 Å². The molecule has 0 unspecified atom stereocenters. The van der Waals surface area contributed by atoms with E-state index < -0.39 is 5.63 Å². The van der Waals surface area contributed by atoms with Gasteiger partial charge in [-0.15, -0.1) is 0 Å². The van der Waals surface area contributed by atoms with E-state index in [1.54, 1.807) is 0 Å². The van der Waals surface area contributed by atoms with Crippen molar-refractivity contribution in [2.45, 2.75) is 46.1 Å². The molecule has 4 heteroatoms. The fourth-order valence-corrected chi connectivity index (χ4v) is 3.71. The first-order valence-corrected chi connectivity index (χ1v) is 9.30. The Labute approximate surface area is 157 Å². The van der Waals surface area contributed by atoms with Crippen LogP contribution in [0, 0.1) is 13.8 Å². The molecule has 0 atom stereocenters. The number of benzene rings is 2. The van der Waals surface area contributed by atoms with Crippen molar-refractivity contribution in [1.82, 2.24) is 0 Å². The molecule has 0 radical (unpaired) electrons. The molecule has 0 spiro atoms. The van der Waals surface area contributed by atoms with Crippen LogP contribution < -0.4 is 5.63 Å². The summed E-state index contributed by atoms with van der Waals surface area (Å²) in [6.07, 6.45) is 3.64. The van der Waals surface area contributed by atoms with Gasteiger partial charge in [-0.05, 0) is 73.1 Å². The number of rotatable bonds is 4. The Morgan fingerprint density at radius 3 is 2.67 bits per heavy atom. The van der Waals surface area contributed by atoms with E-state index in [-0.39, 0.29) is 19.0 Å². The minimum absolute atomic E-state index is 0.0639. The number of esters is 1. The molecule has 4 rings (SSSR count). The van der Waals surface area contributed by atoms with E-state index in [9.17, 15) is 9.59 Å². The second-order valence-electron chi connectivity index (χ2n) is 7.32. The first-order valence-electron chi connectivity index (χ1n) is 9.30. The highest BCUT2D eigenvalue weighted by Crippen LogP contribution is 2.24. The van der Waals surface area contributed by atoms with Crippen LogP contribution in [0.2, 0.25) is 0 Å². The molecule has 0 amide bonds. The third-order valence-electron chi connectivity index (χ3n) is 5.34. The fourth-order valence-electron chi connectivity index (χ4n) is 3.71. The second kappa shape index (κ2) is 7.03. The largest absolute Gasteiger partial charge is 0.461 e. The van der Waals surface area contributed by atoms with Crippen LogP contribution in [-0.4, -0.2) is 5.97 Å². The van der Waals surface area contributed by atoms with Crippen molar-refractivity contribution < 1.29 is 13.9 Å². The number of carbonyl (C=O) groups excluding carboxylic acids is 1. The Bertz CT molecular complexity index is 1090. The van der Waals surface area contributed by atoms with Gasteiger partial charge in [0.15, 0.2) is 0 Å². The molecule has 1 aliphatic rings. The average Bonchev–Trinajstić information content (AvgIpc) is 3.09. The van der Waals surface area contributed by atoms with Crippen molar-refractivity contribution in [3.05, 3.63) is 80.2 Å². The summed E-state index contributed by atoms with van der Waals surface area (Å²) in [6.45, 7) is 4.04. The monoisotopic (exact) mass is 362 g/mol. The van der Waals surface area contributed by atoms with Crippen LogP contribution in [0.3, 0.4) is 0 Å². The van der Waals surface area contributed by atoms with E-state index in [0.29, 0.717) is 11.1 Å². The Hall–Kier alpha value is -2.88. The molecule has 0 fully saturated rings. The second-order valence-corrected chi connectivity index (χ2v) is 7.32. The topological polar surface area (TPSA) is 56.5 Å². The zero-order valence-electron chi connectivity index (χ0n) is 15.6. The van der Waals surface area contributed by atoms with Gasteiger partial charge in [0.2, 0.25) is 0 Å². The Morgan fingerprint density at radius 2 is 1.81 bits per heavy atom. The van der Waals surface area contributed by atoms with E-state index in [2.05, 4.69) is 12.1 Å². The molecule has 0 aliphatic heterocycles. The molecular weight excluding hydrogens is 340 g/mol. The maximum Gasteiger partial charge on any atom is 0.336 e. The highest BCUT2D eigenvalue weighted by Gasteiger charge is 2.14. The van der Waals surface area contributed by atoms with Crippen LogP contribution in [0.15, 0.2) is 45.6 Å². The van der Waals surface area contributed by atoms with Gasteiger partial charge in [0.1, 0.15) is 12.2 Å². The van der Waals surface area contributed by atoms with E-state index in [1.807, 2.05) is 32.0 Å². The zero-order chi connectivity index (χ0) is 19.0. The zero-order valence-corrected chi connectivity index (χ0v) is 15.6. The summed E-state index contributed by atoms with van der Waals surface area (Å²) in [7, 11) is 0. The quantitative estimate of drug-likeness (QED) is 0.516. The van der Waals surface area contributed by atoms with E-state index in [0.717, 1.165) is 34.9 Å². The predicted octanol–water partition coefficient (Wildman–Crippen LogP) is 4.18. The lowest BCUT2D eigenvalue weighted by Crippen LogP contribution is -2.10. The Kier molecular flexibility index (Phi) is 4.56. The Balaban J connectivity index is 1.50. The van der Waals surface area contributed by atoms with Crippen molar-refractivity contribution >= 4 is 16.9 Å². The van der Waals surface area contributed by atoms with Gasteiger partial charge in [0.25, 0.3) is 0 Å². The Morgan fingerprint density at radius 1 is 1.04 bits per heavy atom. The highest BCUT2D eigenvalue weighted by atomic mass is 16.5. The highest BCUT2D eigenvalue weighted by molar-refractivity contribution is 5.82. The van der Waals surface area contributed by atoms with Crippen LogP contribution in [-0.2, 0) is 35.4 Å². The molecule has 4 nitrogen and oxygen atoms in total. The third kappa shape index (κ3) is 3.65. The van der Waals surface area contributed by atoms with Crippen molar-refractivity contribution in [3.63, 3.8) is 0 Å². The van der Waals surface area contributed by atoms with Crippen molar-refractivity contribution in [3.8, 4) is 0 Å². The summed E-state index contributed by atoms with van der Waals surface area (Å²) in [6, 6.07) is 11.5. The smallest absolute Gasteiger partial charge is 0.336 e. The van der Waals surface area contributed by atoms with Crippen molar-refractivity contribution in [1.29, 1.82) is 0 Å². The van der Waals surface area contributed by atoms with Crippen molar-refractivity contribution in [2.24, 2.45) is 0 Å². The molecule has 3 aromatic rings. The summed E-state index contributed by atoms with van der Waals surface area (Å²) >= 11 is 0. The molecule has 1 aliphatic carbocycles. The molecular formula is C23H22O4. The third-order valence-corrected chi connectivity index (χ3v) is 5.34. The van der Waals surface area contributed by atoms with Crippen LogP contribution in [0.25, 0.3) is 11.0 Å². The summed E-state index contributed by atoms with van der Waals surface area (Å²) in [5.41, 5.74) is 6.62. The number of carbonyl (C=O) groups is 1. The predicted molar refractivity (Wildman–Crippen MR) is 104 cm³/mol. The molecule has 0 saturated heterocycles. The number of ether oxygens (including phenoxy) is 1. The summed E-state index contributed by atoms with van der Waals surface area (Å²) in [5, 5.41) is 0.808. The average molecular weight is 362 g/mol. The van der Waals surface area contributed by atoms with Gasteiger partial charge in [-0.3, -0.25) is 4.79 Å². The number of hydrogen-bond donors (Lipinski definition) is 0. The van der Waals surface area contributed by atoms with E-state index in [4.69, 9.17) is 9.15 Å². The lowest BCUT2D eigenvalue weighted by molar-refractivity contribution is -0.144. The normalized spacial score (nSPS) is 13.0. The van der Waals surface area contributed by atoms with Gasteiger partial charge in [0, 0.05) is 17.0 Å². The lowest BCUT2D eigenvalue weighted by Gasteiger charge is -2.10. The molecule has 0 N–H and O–H groups in total. The maximum atomic E-state index is 12.3. The molecule has 27 heavy (non-hydrogen) atoms. The minimum Gasteiger partial charge on any atom is -0.461 e. The van der Waals surface area contributed by atoms with E-state index in [1.165, 1.54) is 23.6 Å². The summed E-state index contributed by atoms with van der Waals surface area (Å²) in [4.78, 5) is 24.1. The SMILES string of the molecule is Cc1cc2oc(=O)cc(COC(=O)Cc3ccc4c(c3)CCC4)c2cc1C. The van der Waals surface area contributed by atoms with Crippen LogP contribution in [0.1, 0.15) is 39.8 Å². The van der Waals surface area contributed by atoms with Crippen LogP contribution >= 0.6 is 0 Å². The lowest BCUT2D eigenvalue weighted by atomic mass is 10.0. The van der Waals surface area contributed by atoms with Crippen LogP contribution in [0.5, 0.6) is 0 Å². The molecule has 2 aromatic carbocycles. The minimum atomic E-state index is -0.435. The standard InChI is InChI=1S/C23H22O4/c1-14-8-20-19(12-23(25)27-21(20)9-15(14)2)13-26-22(24)11-16-6-7-17-4-3-5-18(17)10-16/h6-10,12H,3-5,11,13H2,1-2H3. The number of hydrogen-bond acceptors (Lipinski definition) is 4. The maximum absolute atomic E-state index is 12.3. The molecule has 0 saturated carbocycles. The first kappa shape index (κ1) is 17.5. The van der Waals surface area contributed by atoms with Crippen LogP contribution in [0.4, 0.5) is 0 Å². The summed E-state index contributed by atoms with van der Waals surface area (Å²) in [5.74, 6) is -0.293. The van der Waals surface area contributed by atoms with Gasteiger partial charge >= 0.3 is 11.6 Å². The molecule has 1 heterocycles. The molecule has 0 bridgehead atoms.